The largest absolute Gasteiger partial charge is 0.454 e. The molecule has 10 atom stereocenters. The molecule has 12 heteroatoms. The minimum atomic E-state index is -1.62. The highest BCUT2D eigenvalue weighted by molar-refractivity contribution is 9.09. The number of halogens is 1. The summed E-state index contributed by atoms with van der Waals surface area (Å²) in [7, 11) is 0. The molecule has 11 nitrogen and oxygen atoms in total. The molecule has 2 saturated heterocycles. The van der Waals surface area contributed by atoms with Gasteiger partial charge in [0.25, 0.3) is 0 Å². The van der Waals surface area contributed by atoms with Crippen LogP contribution in [-0.2, 0) is 23.7 Å². The van der Waals surface area contributed by atoms with Gasteiger partial charge in [0.05, 0.1) is 13.2 Å². The molecule has 2 aliphatic rings. The van der Waals surface area contributed by atoms with Crippen LogP contribution in [0, 0.1) is 0 Å². The molecule has 26 heavy (non-hydrogen) atoms. The molecular weight excluding hydrogens is 424 g/mol. The minimum absolute atomic E-state index is 0.541. The van der Waals surface area contributed by atoms with Crippen LogP contribution in [0.2, 0.25) is 0 Å². The third kappa shape index (κ3) is 4.52. The normalized spacial score (nSPS) is 46.8. The van der Waals surface area contributed by atoms with E-state index in [9.17, 15) is 30.3 Å². The predicted molar refractivity (Wildman–Crippen MR) is 84.9 cm³/mol. The van der Waals surface area contributed by atoms with E-state index in [1.807, 2.05) is 0 Å². The van der Waals surface area contributed by atoms with E-state index >= 15 is 0 Å². The first-order valence-corrected chi connectivity index (χ1v) is 8.84. The Kier molecular flexibility index (Phi) is 7.73. The minimum Gasteiger partial charge on any atom is -0.454 e. The zero-order valence-electron chi connectivity index (χ0n) is 13.8. The first-order chi connectivity index (χ1) is 12.2. The average molecular weight is 447 g/mol. The van der Waals surface area contributed by atoms with Crippen molar-refractivity contribution in [3.63, 3.8) is 0 Å². The lowest BCUT2D eigenvalue weighted by Gasteiger charge is -2.45. The Morgan fingerprint density at radius 2 is 1.42 bits per heavy atom. The summed E-state index contributed by atoms with van der Waals surface area (Å²) < 4.78 is 21.1. The summed E-state index contributed by atoms with van der Waals surface area (Å²) in [6.45, 7) is -0.113. The van der Waals surface area contributed by atoms with Gasteiger partial charge in [-0.15, -0.1) is 0 Å². The monoisotopic (exact) mass is 446 g/mol. The van der Waals surface area contributed by atoms with Gasteiger partial charge in [-0.05, 0) is 0 Å². The number of carbonyl (C=O) groups is 1. The van der Waals surface area contributed by atoms with E-state index in [4.69, 9.17) is 24.1 Å². The number of aliphatic hydroxyl groups is 6. The van der Waals surface area contributed by atoms with Gasteiger partial charge in [-0.25, -0.2) is 0 Å². The fraction of sp³-hybridized carbons (Fsp3) is 0.929. The van der Waals surface area contributed by atoms with E-state index in [-0.39, 0.29) is 0 Å². The maximum Gasteiger partial charge on any atom is 0.303 e. The number of ether oxygens (including phenoxy) is 4. The van der Waals surface area contributed by atoms with E-state index in [0.717, 1.165) is 6.92 Å². The second-order valence-electron chi connectivity index (χ2n) is 6.07. The molecular formula is C14H23BrO11. The number of hydrogen-bond acceptors (Lipinski definition) is 11. The second-order valence-corrected chi connectivity index (χ2v) is 6.97. The number of alkyl halides is 1. The van der Waals surface area contributed by atoms with Crippen LogP contribution in [-0.4, -0.2) is 110 Å². The van der Waals surface area contributed by atoms with Crippen molar-refractivity contribution < 1.29 is 54.4 Å². The molecule has 152 valence electrons. The molecule has 2 fully saturated rings. The maximum absolute atomic E-state index is 11.3. The number of hydrogen-bond donors (Lipinski definition) is 6. The van der Waals surface area contributed by atoms with Crippen LogP contribution in [0.4, 0.5) is 0 Å². The Balaban J connectivity index is 2.18. The van der Waals surface area contributed by atoms with Gasteiger partial charge in [-0.2, -0.15) is 0 Å². The number of rotatable bonds is 5. The van der Waals surface area contributed by atoms with E-state index in [0.29, 0.717) is 0 Å². The molecule has 0 saturated carbocycles. The Labute approximate surface area is 157 Å². The van der Waals surface area contributed by atoms with Gasteiger partial charge >= 0.3 is 5.97 Å². The highest BCUT2D eigenvalue weighted by atomic mass is 79.9. The number of carbonyl (C=O) groups excluding carboxylic acids is 1. The van der Waals surface area contributed by atoms with Gasteiger partial charge in [-0.3, -0.25) is 4.79 Å². The molecule has 0 aromatic rings. The van der Waals surface area contributed by atoms with Crippen molar-refractivity contribution in [3.05, 3.63) is 0 Å². The van der Waals surface area contributed by atoms with Crippen LogP contribution < -0.4 is 0 Å². The van der Waals surface area contributed by atoms with Crippen molar-refractivity contribution in [2.45, 2.75) is 67.1 Å². The predicted octanol–water partition coefficient (Wildman–Crippen LogP) is -3.42. The molecule has 0 aromatic carbocycles. The molecule has 0 aromatic heterocycles. The van der Waals surface area contributed by atoms with Crippen molar-refractivity contribution in [2.24, 2.45) is 0 Å². The van der Waals surface area contributed by atoms with Crippen molar-refractivity contribution >= 4 is 21.9 Å². The zero-order chi connectivity index (χ0) is 19.6. The van der Waals surface area contributed by atoms with E-state index in [1.54, 1.807) is 0 Å². The molecule has 2 rings (SSSR count). The summed E-state index contributed by atoms with van der Waals surface area (Å²) >= 11 is 3.11. The maximum atomic E-state index is 11.3. The Morgan fingerprint density at radius 3 is 1.92 bits per heavy atom. The van der Waals surface area contributed by atoms with Crippen LogP contribution in [0.15, 0.2) is 0 Å². The molecule has 0 bridgehead atoms. The molecule has 0 amide bonds. The van der Waals surface area contributed by atoms with Crippen LogP contribution in [0.25, 0.3) is 0 Å². The third-order valence-corrected chi connectivity index (χ3v) is 4.97. The van der Waals surface area contributed by atoms with Crippen molar-refractivity contribution in [2.75, 3.05) is 13.2 Å². The summed E-state index contributed by atoms with van der Waals surface area (Å²) in [5.74, 6) is -0.780. The first kappa shape index (κ1) is 21.9. The topological polar surface area (TPSA) is 175 Å². The van der Waals surface area contributed by atoms with Gasteiger partial charge < -0.3 is 49.6 Å². The van der Waals surface area contributed by atoms with Gasteiger partial charge in [0.1, 0.15) is 47.7 Å². The molecule has 6 N–H and O–H groups in total. The SMILES string of the molecule is CC(=O)OC1C(OC2C(Br)OC(CO)C(O)C2O)OC(CO)C(O)C1O. The zero-order valence-corrected chi connectivity index (χ0v) is 15.4. The Hall–Kier alpha value is -0.410. The Bertz CT molecular complexity index is 480. The lowest BCUT2D eigenvalue weighted by atomic mass is 9.98. The molecule has 0 aliphatic carbocycles. The van der Waals surface area contributed by atoms with Gasteiger partial charge in [-0.1, -0.05) is 15.9 Å². The van der Waals surface area contributed by atoms with Crippen molar-refractivity contribution in [1.82, 2.24) is 0 Å². The first-order valence-electron chi connectivity index (χ1n) is 7.92. The van der Waals surface area contributed by atoms with Crippen LogP contribution in [0.1, 0.15) is 6.92 Å². The summed E-state index contributed by atoms with van der Waals surface area (Å²) in [6.07, 6.45) is -12.6. The summed E-state index contributed by atoms with van der Waals surface area (Å²) in [5.41, 5.74) is 0. The second kappa shape index (κ2) is 9.19. The molecule has 0 radical (unpaired) electrons. The quantitative estimate of drug-likeness (QED) is 0.183. The molecule has 2 heterocycles. The van der Waals surface area contributed by atoms with Gasteiger partial charge in [0.2, 0.25) is 0 Å². The lowest BCUT2D eigenvalue weighted by Crippen LogP contribution is -2.64. The van der Waals surface area contributed by atoms with Crippen molar-refractivity contribution in [3.8, 4) is 0 Å². The summed E-state index contributed by atoms with van der Waals surface area (Å²) in [4.78, 5) is 11.3. The van der Waals surface area contributed by atoms with Crippen LogP contribution in [0.3, 0.4) is 0 Å². The molecule has 0 spiro atoms. The summed E-state index contributed by atoms with van der Waals surface area (Å²) in [5, 5.41) is 57.7. The van der Waals surface area contributed by atoms with Crippen molar-refractivity contribution in [1.29, 1.82) is 0 Å². The van der Waals surface area contributed by atoms with Gasteiger partial charge in [0, 0.05) is 6.92 Å². The number of aliphatic hydroxyl groups excluding tert-OH is 6. The number of esters is 1. The highest BCUT2D eigenvalue weighted by Gasteiger charge is 2.51. The molecule has 10 unspecified atom stereocenters. The van der Waals surface area contributed by atoms with Crippen LogP contribution >= 0.6 is 15.9 Å². The third-order valence-electron chi connectivity index (χ3n) is 4.23. The fourth-order valence-electron chi connectivity index (χ4n) is 2.83. The lowest BCUT2D eigenvalue weighted by molar-refractivity contribution is -0.335. The van der Waals surface area contributed by atoms with E-state index in [1.165, 1.54) is 0 Å². The fourth-order valence-corrected chi connectivity index (χ4v) is 3.54. The van der Waals surface area contributed by atoms with E-state index in [2.05, 4.69) is 15.9 Å². The van der Waals surface area contributed by atoms with Gasteiger partial charge in [0.15, 0.2) is 12.4 Å². The molecule has 2 aliphatic heterocycles. The summed E-state index contributed by atoms with van der Waals surface area (Å²) in [6, 6.07) is 0. The highest BCUT2D eigenvalue weighted by Crippen LogP contribution is 2.32. The van der Waals surface area contributed by atoms with E-state index < -0.39 is 79.3 Å². The van der Waals surface area contributed by atoms with Crippen LogP contribution in [0.5, 0.6) is 0 Å². The smallest absolute Gasteiger partial charge is 0.303 e. The standard InChI is InChI=1S/C14H23BrO11/c1-4(18)23-12-10(22)8(20)6(3-17)25-14(12)26-11-9(21)7(19)5(2-16)24-13(11)15/h5-14,16-17,19-22H,2-3H2,1H3. The Morgan fingerprint density at radius 1 is 0.923 bits per heavy atom. The average Bonchev–Trinajstić information content (AvgIpc) is 2.60.